The minimum Gasteiger partial charge on any atom is -0.353 e. The molecule has 90 valence electrons. The summed E-state index contributed by atoms with van der Waals surface area (Å²) < 4.78 is 12.8. The maximum absolute atomic E-state index is 5.63. The Bertz CT molecular complexity index is 313. The zero-order valence-electron chi connectivity index (χ0n) is 9.14. The molecule has 6 heteroatoms. The molecule has 0 aromatic carbocycles. The van der Waals surface area contributed by atoms with Gasteiger partial charge in [0, 0.05) is 12.8 Å². The highest BCUT2D eigenvalue weighted by molar-refractivity contribution is 6.16. The molecule has 0 spiro atoms. The number of alkyl halides is 1. The maximum atomic E-state index is 5.63. The number of ether oxygens (including phenoxy) is 2. The molecule has 5 nitrogen and oxygen atoms in total. The predicted molar refractivity (Wildman–Crippen MR) is 59.1 cm³/mol. The molecule has 0 amide bonds. The Labute approximate surface area is 99.7 Å². The lowest BCUT2D eigenvalue weighted by molar-refractivity contribution is -0.163. The van der Waals surface area contributed by atoms with Gasteiger partial charge in [0.1, 0.15) is 0 Å². The summed E-state index contributed by atoms with van der Waals surface area (Å²) in [6, 6.07) is 0. The molecule has 0 N–H and O–H groups in total. The molecule has 1 aromatic rings. The van der Waals surface area contributed by atoms with Gasteiger partial charge in [-0.25, -0.2) is 4.68 Å². The number of hydrogen-bond donors (Lipinski definition) is 0. The monoisotopic (exact) mass is 245 g/mol. The van der Waals surface area contributed by atoms with Crippen LogP contribution in [-0.4, -0.2) is 34.5 Å². The Kier molecular flexibility index (Phi) is 4.56. The molecule has 0 radical (unpaired) electrons. The van der Waals surface area contributed by atoms with E-state index in [9.17, 15) is 0 Å². The lowest BCUT2D eigenvalue weighted by atomic mass is 10.2. The van der Waals surface area contributed by atoms with E-state index in [2.05, 4.69) is 10.3 Å². The second-order valence-electron chi connectivity index (χ2n) is 3.77. The van der Waals surface area contributed by atoms with Crippen molar-refractivity contribution >= 4 is 11.6 Å². The van der Waals surface area contributed by atoms with E-state index in [-0.39, 0.29) is 6.29 Å². The van der Waals surface area contributed by atoms with Crippen molar-refractivity contribution in [1.82, 2.24) is 15.0 Å². The minimum absolute atomic E-state index is 0.0373. The van der Waals surface area contributed by atoms with Crippen LogP contribution >= 0.6 is 11.6 Å². The Morgan fingerprint density at radius 3 is 3.19 bits per heavy atom. The average Bonchev–Trinajstić information content (AvgIpc) is 2.78. The van der Waals surface area contributed by atoms with Crippen LogP contribution in [0.2, 0.25) is 0 Å². The molecule has 2 rings (SSSR count). The minimum atomic E-state index is -0.0373. The first-order valence-electron chi connectivity index (χ1n) is 5.56. The lowest BCUT2D eigenvalue weighted by Crippen LogP contribution is -2.24. The first kappa shape index (κ1) is 11.8. The number of aromatic nitrogens is 3. The molecule has 1 aromatic heterocycles. The molecule has 1 aliphatic rings. The zero-order valence-corrected chi connectivity index (χ0v) is 9.90. The molecule has 0 bridgehead atoms. The summed E-state index contributed by atoms with van der Waals surface area (Å²) >= 11 is 5.63. The topological polar surface area (TPSA) is 49.2 Å². The molecule has 2 heterocycles. The van der Waals surface area contributed by atoms with Crippen molar-refractivity contribution in [3.05, 3.63) is 11.9 Å². The molecule has 0 saturated carbocycles. The summed E-state index contributed by atoms with van der Waals surface area (Å²) in [4.78, 5) is 0. The molecular formula is C10H16ClN3O2. The van der Waals surface area contributed by atoms with E-state index >= 15 is 0 Å². The Balaban J connectivity index is 1.66. The van der Waals surface area contributed by atoms with Crippen LogP contribution in [0, 0.1) is 0 Å². The van der Waals surface area contributed by atoms with Gasteiger partial charge < -0.3 is 9.47 Å². The maximum Gasteiger partial charge on any atom is 0.157 e. The highest BCUT2D eigenvalue weighted by atomic mass is 35.5. The number of halogens is 1. The summed E-state index contributed by atoms with van der Waals surface area (Å²) in [7, 11) is 0. The highest BCUT2D eigenvalue weighted by Crippen LogP contribution is 2.13. The summed E-state index contributed by atoms with van der Waals surface area (Å²) in [5.74, 6) is 0.395. The fourth-order valence-corrected chi connectivity index (χ4v) is 1.75. The Morgan fingerprint density at radius 2 is 2.50 bits per heavy atom. The van der Waals surface area contributed by atoms with Crippen molar-refractivity contribution in [2.24, 2.45) is 0 Å². The summed E-state index contributed by atoms with van der Waals surface area (Å²) in [5.41, 5.74) is 0.788. The fraction of sp³-hybridized carbons (Fsp3) is 0.800. The summed E-state index contributed by atoms with van der Waals surface area (Å²) in [6.45, 7) is 2.09. The standard InChI is InChI=1S/C10H16ClN3O2/c11-7-9-8-14(13-12-9)4-6-16-10-3-1-2-5-15-10/h8,10H,1-7H2. The molecule has 1 fully saturated rings. The molecular weight excluding hydrogens is 230 g/mol. The van der Waals surface area contributed by atoms with Crippen LogP contribution in [0.25, 0.3) is 0 Å². The number of rotatable bonds is 5. The third kappa shape index (κ3) is 3.43. The molecule has 1 saturated heterocycles. The highest BCUT2D eigenvalue weighted by Gasteiger charge is 2.13. The van der Waals surface area contributed by atoms with Crippen molar-refractivity contribution < 1.29 is 9.47 Å². The smallest absolute Gasteiger partial charge is 0.157 e. The fourth-order valence-electron chi connectivity index (χ4n) is 1.63. The lowest BCUT2D eigenvalue weighted by Gasteiger charge is -2.22. The average molecular weight is 246 g/mol. The number of hydrogen-bond acceptors (Lipinski definition) is 4. The molecule has 16 heavy (non-hydrogen) atoms. The number of nitrogens with zero attached hydrogens (tertiary/aromatic N) is 3. The third-order valence-corrected chi connectivity index (χ3v) is 2.76. The van der Waals surface area contributed by atoms with Crippen LogP contribution in [0.4, 0.5) is 0 Å². The van der Waals surface area contributed by atoms with Gasteiger partial charge in [-0.2, -0.15) is 0 Å². The van der Waals surface area contributed by atoms with E-state index in [0.717, 1.165) is 25.1 Å². The van der Waals surface area contributed by atoms with Gasteiger partial charge >= 0.3 is 0 Å². The van der Waals surface area contributed by atoms with E-state index < -0.39 is 0 Å². The second kappa shape index (κ2) is 6.18. The van der Waals surface area contributed by atoms with Gasteiger partial charge in [-0.15, -0.1) is 16.7 Å². The van der Waals surface area contributed by atoms with Crippen molar-refractivity contribution in [2.75, 3.05) is 13.2 Å². The van der Waals surface area contributed by atoms with Crippen LogP contribution in [0.1, 0.15) is 25.0 Å². The van der Waals surface area contributed by atoms with Gasteiger partial charge in [0.25, 0.3) is 0 Å². The normalized spacial score (nSPS) is 21.2. The van der Waals surface area contributed by atoms with E-state index in [4.69, 9.17) is 21.1 Å². The summed E-state index contributed by atoms with van der Waals surface area (Å²) in [6.07, 6.45) is 5.11. The quantitative estimate of drug-likeness (QED) is 0.739. The van der Waals surface area contributed by atoms with Crippen LogP contribution in [0.5, 0.6) is 0 Å². The first-order valence-corrected chi connectivity index (χ1v) is 6.10. The van der Waals surface area contributed by atoms with Crippen LogP contribution in [0.3, 0.4) is 0 Å². The summed E-state index contributed by atoms with van der Waals surface area (Å²) in [5, 5.41) is 7.83. The Hall–Kier alpha value is -0.650. The van der Waals surface area contributed by atoms with Gasteiger partial charge in [-0.1, -0.05) is 5.21 Å². The molecule has 0 aliphatic carbocycles. The van der Waals surface area contributed by atoms with Gasteiger partial charge in [0.15, 0.2) is 6.29 Å². The van der Waals surface area contributed by atoms with Crippen molar-refractivity contribution in [1.29, 1.82) is 0 Å². The van der Waals surface area contributed by atoms with Gasteiger partial charge in [-0.3, -0.25) is 0 Å². The molecule has 1 aliphatic heterocycles. The van der Waals surface area contributed by atoms with Gasteiger partial charge in [0.05, 0.1) is 24.7 Å². The predicted octanol–water partition coefficient (Wildman–Crippen LogP) is 1.56. The van der Waals surface area contributed by atoms with E-state index in [1.165, 1.54) is 6.42 Å². The van der Waals surface area contributed by atoms with Gasteiger partial charge in [0.2, 0.25) is 0 Å². The van der Waals surface area contributed by atoms with Crippen molar-refractivity contribution in [3.63, 3.8) is 0 Å². The van der Waals surface area contributed by atoms with Crippen LogP contribution in [0.15, 0.2) is 6.20 Å². The second-order valence-corrected chi connectivity index (χ2v) is 4.04. The molecule has 1 unspecified atom stereocenters. The molecule has 1 atom stereocenters. The van der Waals surface area contributed by atoms with Gasteiger partial charge in [-0.05, 0) is 19.3 Å². The Morgan fingerprint density at radius 1 is 1.56 bits per heavy atom. The van der Waals surface area contributed by atoms with Crippen molar-refractivity contribution in [2.45, 2.75) is 38.0 Å². The van der Waals surface area contributed by atoms with E-state index in [0.29, 0.717) is 19.0 Å². The van der Waals surface area contributed by atoms with E-state index in [1.54, 1.807) is 4.68 Å². The van der Waals surface area contributed by atoms with Crippen LogP contribution in [-0.2, 0) is 21.9 Å². The van der Waals surface area contributed by atoms with Crippen molar-refractivity contribution in [3.8, 4) is 0 Å². The zero-order chi connectivity index (χ0) is 11.2. The van der Waals surface area contributed by atoms with Crippen LogP contribution < -0.4 is 0 Å². The largest absolute Gasteiger partial charge is 0.353 e. The third-order valence-electron chi connectivity index (χ3n) is 2.49. The SMILES string of the molecule is ClCc1cn(CCOC2CCCCO2)nn1. The van der Waals surface area contributed by atoms with E-state index in [1.807, 2.05) is 6.20 Å². The first-order chi connectivity index (χ1) is 7.88.